The van der Waals surface area contributed by atoms with E-state index in [1.807, 2.05) is 72.8 Å². The van der Waals surface area contributed by atoms with Crippen molar-refractivity contribution < 1.29 is 62.5 Å². The molecular formula is C36H38O13. The van der Waals surface area contributed by atoms with Crippen molar-refractivity contribution in [3.63, 3.8) is 0 Å². The molecule has 2 atom stereocenters. The van der Waals surface area contributed by atoms with Crippen LogP contribution in [0, 0.1) is 0 Å². The lowest BCUT2D eigenvalue weighted by atomic mass is 9.98. The molecular weight excluding hydrogens is 640 g/mol. The summed E-state index contributed by atoms with van der Waals surface area (Å²) >= 11 is 0. The van der Waals surface area contributed by atoms with Crippen molar-refractivity contribution in [2.24, 2.45) is 0 Å². The molecule has 0 aliphatic carbocycles. The molecule has 0 amide bonds. The molecule has 2 N–H and O–H groups in total. The fourth-order valence-electron chi connectivity index (χ4n) is 4.72. The lowest BCUT2D eigenvalue weighted by Crippen LogP contribution is -2.36. The Labute approximate surface area is 282 Å². The summed E-state index contributed by atoms with van der Waals surface area (Å²) in [5.41, 5.74) is 1.67. The van der Waals surface area contributed by atoms with Crippen LogP contribution in [0.25, 0.3) is 21.5 Å². The minimum Gasteiger partial charge on any atom is -0.497 e. The summed E-state index contributed by atoms with van der Waals surface area (Å²) in [5.74, 6) is -0.519. The van der Waals surface area contributed by atoms with Crippen molar-refractivity contribution in [2.45, 2.75) is 37.9 Å². The van der Waals surface area contributed by atoms with Gasteiger partial charge in [0, 0.05) is 0 Å². The summed E-state index contributed by atoms with van der Waals surface area (Å²) in [7, 11) is 3.25. The van der Waals surface area contributed by atoms with Crippen LogP contribution in [0.3, 0.4) is 0 Å². The van der Waals surface area contributed by atoms with Gasteiger partial charge in [0.05, 0.1) is 26.1 Å². The van der Waals surface area contributed by atoms with Gasteiger partial charge in [-0.1, -0.05) is 48.5 Å². The highest BCUT2D eigenvalue weighted by Gasteiger charge is 2.27. The summed E-state index contributed by atoms with van der Waals surface area (Å²) in [6.07, 6.45) is -2.65. The fourth-order valence-corrected chi connectivity index (χ4v) is 4.72. The second-order valence-corrected chi connectivity index (χ2v) is 11.2. The van der Waals surface area contributed by atoms with Gasteiger partial charge in [-0.2, -0.15) is 0 Å². The third-order valence-corrected chi connectivity index (χ3v) is 7.71. The molecule has 0 radical (unpaired) electrons. The zero-order chi connectivity index (χ0) is 35.5. The number of aliphatic hydroxyl groups excluding tert-OH is 1. The number of aliphatic hydroxyl groups is 1. The zero-order valence-corrected chi connectivity index (χ0v) is 27.5. The number of ether oxygens (including phenoxy) is 7. The Bertz CT molecular complexity index is 1770. The maximum absolute atomic E-state index is 12.3. The van der Waals surface area contributed by atoms with Gasteiger partial charge >= 0.3 is 24.2 Å². The van der Waals surface area contributed by atoms with E-state index in [1.165, 1.54) is 0 Å². The van der Waals surface area contributed by atoms with Gasteiger partial charge in [0.1, 0.15) is 44.0 Å². The van der Waals surface area contributed by atoms with E-state index in [1.54, 1.807) is 28.1 Å². The van der Waals surface area contributed by atoms with Crippen molar-refractivity contribution in [1.29, 1.82) is 0 Å². The second kappa shape index (κ2) is 17.0. The van der Waals surface area contributed by atoms with E-state index in [9.17, 15) is 19.2 Å². The second-order valence-electron chi connectivity index (χ2n) is 11.2. The van der Waals surface area contributed by atoms with E-state index in [0.717, 1.165) is 44.2 Å². The monoisotopic (exact) mass is 678 g/mol. The molecule has 0 aromatic heterocycles. The first-order valence-electron chi connectivity index (χ1n) is 15.3. The summed E-state index contributed by atoms with van der Waals surface area (Å²) in [6, 6.07) is 23.0. The minimum absolute atomic E-state index is 0.0226. The predicted molar refractivity (Wildman–Crippen MR) is 176 cm³/mol. The van der Waals surface area contributed by atoms with Gasteiger partial charge in [-0.25, -0.2) is 9.59 Å². The Hall–Kier alpha value is -5.56. The van der Waals surface area contributed by atoms with Crippen LogP contribution in [0.4, 0.5) is 9.59 Å². The molecule has 2 fully saturated rings. The molecule has 6 rings (SSSR count). The van der Waals surface area contributed by atoms with Crippen LogP contribution >= 0.6 is 0 Å². The molecule has 2 aliphatic heterocycles. The molecule has 2 unspecified atom stereocenters. The van der Waals surface area contributed by atoms with E-state index in [4.69, 9.17) is 33.9 Å². The first-order chi connectivity index (χ1) is 23.5. The first-order valence-corrected chi connectivity index (χ1v) is 15.3. The number of carbonyl (C=O) groups excluding carboxylic acids is 3. The number of carboxylic acids is 1. The molecule has 0 bridgehead atoms. The van der Waals surface area contributed by atoms with Crippen molar-refractivity contribution in [3.8, 4) is 11.5 Å². The summed E-state index contributed by atoms with van der Waals surface area (Å²) < 4.78 is 33.7. The predicted octanol–water partition coefficient (Wildman–Crippen LogP) is 5.58. The van der Waals surface area contributed by atoms with E-state index < -0.39 is 42.3 Å². The van der Waals surface area contributed by atoms with Gasteiger partial charge in [0.2, 0.25) is 0 Å². The fraction of sp³-hybridized carbons (Fsp3) is 0.333. The Balaban J connectivity index is 0.000000187. The maximum atomic E-state index is 12.3. The highest BCUT2D eigenvalue weighted by molar-refractivity contribution is 5.87. The zero-order valence-electron chi connectivity index (χ0n) is 27.5. The Morgan fingerprint density at radius 2 is 1.06 bits per heavy atom. The molecule has 260 valence electrons. The van der Waals surface area contributed by atoms with Crippen LogP contribution in [-0.4, -0.2) is 87.3 Å². The van der Waals surface area contributed by atoms with Crippen LogP contribution in [-0.2, 0) is 33.3 Å². The van der Waals surface area contributed by atoms with E-state index in [2.05, 4.69) is 9.47 Å². The van der Waals surface area contributed by atoms with Crippen molar-refractivity contribution in [3.05, 3.63) is 83.9 Å². The first kappa shape index (κ1) is 36.3. The third-order valence-electron chi connectivity index (χ3n) is 7.71. The highest BCUT2D eigenvalue weighted by atomic mass is 16.8. The molecule has 2 heterocycles. The van der Waals surface area contributed by atoms with Gasteiger partial charge < -0.3 is 43.4 Å². The number of fused-ring (bicyclic) bond motifs is 2. The van der Waals surface area contributed by atoms with Gasteiger partial charge in [-0.05, 0) is 70.8 Å². The standard InChI is InChI=1S/C18H18O6.C14H14O3.C4H6O4/c1-11(17(19)24-16-9-22-18(20)23-10-16)12-3-4-14-8-15(21-2)6-5-13(14)7-12;1-9(14(15)16)10-3-4-12-8-13(17-2)6-5-11(12)7-10;5-3-1-7-4(6)8-2-3/h3-8,11,16H,9-10H2,1-2H3;3-9H,1-2H3,(H,15,16);3,5H,1-2H2. The number of carbonyl (C=O) groups is 4. The molecule has 13 nitrogen and oxygen atoms in total. The molecule has 0 spiro atoms. The molecule has 49 heavy (non-hydrogen) atoms. The number of hydrogen-bond acceptors (Lipinski definition) is 12. The quantitative estimate of drug-likeness (QED) is 0.183. The summed E-state index contributed by atoms with van der Waals surface area (Å²) in [6.45, 7) is 3.62. The lowest BCUT2D eigenvalue weighted by Gasteiger charge is -2.23. The van der Waals surface area contributed by atoms with E-state index in [0.29, 0.717) is 0 Å². The summed E-state index contributed by atoms with van der Waals surface area (Å²) in [4.78, 5) is 44.1. The lowest BCUT2D eigenvalue weighted by molar-refractivity contribution is -0.160. The normalized spacial score (nSPS) is 15.8. The van der Waals surface area contributed by atoms with Crippen LogP contribution in [0.1, 0.15) is 36.8 Å². The molecule has 4 aromatic rings. The topological polar surface area (TPSA) is 173 Å². The minimum atomic E-state index is -0.808. The van der Waals surface area contributed by atoms with E-state index in [-0.39, 0.29) is 32.4 Å². The smallest absolute Gasteiger partial charge is 0.497 e. The van der Waals surface area contributed by atoms with Crippen LogP contribution in [0.15, 0.2) is 72.8 Å². The Morgan fingerprint density at radius 3 is 1.49 bits per heavy atom. The average molecular weight is 679 g/mol. The van der Waals surface area contributed by atoms with Crippen LogP contribution in [0.5, 0.6) is 11.5 Å². The molecule has 2 aliphatic rings. The Morgan fingerprint density at radius 1 is 0.653 bits per heavy atom. The van der Waals surface area contributed by atoms with Crippen molar-refractivity contribution in [1.82, 2.24) is 0 Å². The number of methoxy groups -OCH3 is 2. The van der Waals surface area contributed by atoms with Crippen molar-refractivity contribution in [2.75, 3.05) is 40.6 Å². The molecule has 0 saturated carbocycles. The number of benzene rings is 4. The molecule has 2 saturated heterocycles. The van der Waals surface area contributed by atoms with Gasteiger partial charge in [-0.3, -0.25) is 9.59 Å². The number of carboxylic acid groups (broad SMARTS) is 1. The molecule has 13 heteroatoms. The number of cyclic esters (lactones) is 4. The summed E-state index contributed by atoms with van der Waals surface area (Å²) in [5, 5.41) is 21.7. The Kier molecular flexibility index (Phi) is 12.6. The number of rotatable bonds is 7. The van der Waals surface area contributed by atoms with Gasteiger partial charge in [0.25, 0.3) is 0 Å². The highest BCUT2D eigenvalue weighted by Crippen LogP contribution is 2.27. The number of hydrogen-bond donors (Lipinski definition) is 2. The maximum Gasteiger partial charge on any atom is 0.508 e. The van der Waals surface area contributed by atoms with E-state index >= 15 is 0 Å². The van der Waals surface area contributed by atoms with Crippen LogP contribution < -0.4 is 9.47 Å². The third kappa shape index (κ3) is 10.2. The molecule has 4 aromatic carbocycles. The number of aliphatic carboxylic acids is 1. The SMILES string of the molecule is COc1ccc2cc(C(C)C(=O)O)ccc2c1.COc1ccc2cc(C(C)C(=O)OC3COC(=O)OC3)ccc2c1.O=C1OCC(O)CO1. The number of esters is 1. The van der Waals surface area contributed by atoms with Gasteiger partial charge in [-0.15, -0.1) is 0 Å². The largest absolute Gasteiger partial charge is 0.508 e. The van der Waals surface area contributed by atoms with Gasteiger partial charge in [0.15, 0.2) is 6.10 Å². The van der Waals surface area contributed by atoms with Crippen LogP contribution in [0.2, 0.25) is 0 Å². The van der Waals surface area contributed by atoms with Crippen molar-refractivity contribution >= 4 is 45.8 Å². The average Bonchev–Trinajstić information content (AvgIpc) is 3.12.